The van der Waals surface area contributed by atoms with Gasteiger partial charge < -0.3 is 14.6 Å². The van der Waals surface area contributed by atoms with Gasteiger partial charge in [0.05, 0.1) is 5.92 Å². The lowest BCUT2D eigenvalue weighted by Crippen LogP contribution is -2.35. The van der Waals surface area contributed by atoms with Crippen molar-refractivity contribution in [3.8, 4) is 11.5 Å². The topological polar surface area (TPSA) is 59.0 Å². The van der Waals surface area contributed by atoms with Crippen LogP contribution in [-0.2, 0) is 11.3 Å². The van der Waals surface area contributed by atoms with Crippen molar-refractivity contribution >= 4 is 5.97 Å². The molecule has 1 N–H and O–H groups in total. The summed E-state index contributed by atoms with van der Waals surface area (Å²) >= 11 is 0. The summed E-state index contributed by atoms with van der Waals surface area (Å²) in [5.74, 6) is 0.786. The number of ether oxygens (including phenoxy) is 2. The monoisotopic (exact) mass is 277 g/mol. The predicted octanol–water partition coefficient (Wildman–Crippen LogP) is 1.75. The maximum Gasteiger partial charge on any atom is 0.306 e. The van der Waals surface area contributed by atoms with E-state index in [0.29, 0.717) is 13.2 Å². The van der Waals surface area contributed by atoms with Crippen molar-refractivity contribution < 1.29 is 19.4 Å². The van der Waals surface area contributed by atoms with Gasteiger partial charge in [-0.15, -0.1) is 0 Å². The van der Waals surface area contributed by atoms with Gasteiger partial charge in [0, 0.05) is 6.54 Å². The molecule has 5 nitrogen and oxygen atoms in total. The van der Waals surface area contributed by atoms with E-state index < -0.39 is 5.97 Å². The van der Waals surface area contributed by atoms with Crippen LogP contribution in [0.5, 0.6) is 11.5 Å². The average Bonchev–Trinajstić information content (AvgIpc) is 2.48. The second-order valence-corrected chi connectivity index (χ2v) is 5.37. The molecule has 1 aromatic carbocycles. The zero-order valence-electron chi connectivity index (χ0n) is 11.4. The van der Waals surface area contributed by atoms with Gasteiger partial charge in [0.1, 0.15) is 13.2 Å². The summed E-state index contributed by atoms with van der Waals surface area (Å²) < 4.78 is 11.1. The Morgan fingerprint density at radius 1 is 1.20 bits per heavy atom. The first kappa shape index (κ1) is 13.2. The molecule has 2 aliphatic heterocycles. The first-order chi connectivity index (χ1) is 9.72. The van der Waals surface area contributed by atoms with E-state index in [-0.39, 0.29) is 5.92 Å². The molecule has 0 bridgehead atoms. The average molecular weight is 277 g/mol. The first-order valence-electron chi connectivity index (χ1n) is 7.06. The molecule has 0 amide bonds. The molecule has 5 heteroatoms. The van der Waals surface area contributed by atoms with Gasteiger partial charge >= 0.3 is 5.97 Å². The number of nitrogens with zero attached hydrogens (tertiary/aromatic N) is 1. The van der Waals surface area contributed by atoms with E-state index in [1.807, 2.05) is 12.1 Å². The lowest BCUT2D eigenvalue weighted by molar-refractivity contribution is -0.143. The Morgan fingerprint density at radius 3 is 2.60 bits per heavy atom. The largest absolute Gasteiger partial charge is 0.486 e. The highest BCUT2D eigenvalue weighted by Crippen LogP contribution is 2.31. The summed E-state index contributed by atoms with van der Waals surface area (Å²) in [6.45, 7) is 3.72. The number of carboxylic acid groups (broad SMARTS) is 1. The normalized spacial score (nSPS) is 19.8. The highest BCUT2D eigenvalue weighted by Gasteiger charge is 2.24. The molecule has 2 aliphatic rings. The third kappa shape index (κ3) is 2.88. The number of rotatable bonds is 3. The van der Waals surface area contributed by atoms with Crippen LogP contribution in [0.15, 0.2) is 18.2 Å². The number of benzene rings is 1. The quantitative estimate of drug-likeness (QED) is 0.912. The van der Waals surface area contributed by atoms with E-state index in [0.717, 1.165) is 44.0 Å². The fourth-order valence-electron chi connectivity index (χ4n) is 2.78. The zero-order valence-corrected chi connectivity index (χ0v) is 11.4. The molecule has 0 saturated carbocycles. The van der Waals surface area contributed by atoms with Crippen molar-refractivity contribution in [2.45, 2.75) is 19.4 Å². The zero-order chi connectivity index (χ0) is 13.9. The Hall–Kier alpha value is -1.75. The number of carbonyl (C=O) groups is 1. The van der Waals surface area contributed by atoms with Gasteiger partial charge in [-0.3, -0.25) is 9.69 Å². The highest BCUT2D eigenvalue weighted by molar-refractivity contribution is 5.70. The van der Waals surface area contributed by atoms with Crippen molar-refractivity contribution in [1.29, 1.82) is 0 Å². The Bertz CT molecular complexity index is 495. The Kier molecular flexibility index (Phi) is 3.78. The lowest BCUT2D eigenvalue weighted by Gasteiger charge is -2.30. The van der Waals surface area contributed by atoms with E-state index in [1.54, 1.807) is 0 Å². The number of likely N-dealkylation sites (tertiary alicyclic amines) is 1. The predicted molar refractivity (Wildman–Crippen MR) is 73.1 cm³/mol. The van der Waals surface area contributed by atoms with E-state index in [4.69, 9.17) is 14.6 Å². The van der Waals surface area contributed by atoms with Crippen LogP contribution in [0.1, 0.15) is 18.4 Å². The number of carboxylic acids is 1. The molecule has 20 heavy (non-hydrogen) atoms. The highest BCUT2D eigenvalue weighted by atomic mass is 16.6. The minimum Gasteiger partial charge on any atom is -0.486 e. The molecule has 0 aliphatic carbocycles. The number of hydrogen-bond donors (Lipinski definition) is 1. The Morgan fingerprint density at radius 2 is 1.90 bits per heavy atom. The maximum atomic E-state index is 10.9. The third-order valence-corrected chi connectivity index (χ3v) is 3.95. The van der Waals surface area contributed by atoms with Gasteiger partial charge in [0.25, 0.3) is 0 Å². The maximum absolute atomic E-state index is 10.9. The van der Waals surface area contributed by atoms with Crippen LogP contribution < -0.4 is 9.47 Å². The fourth-order valence-corrected chi connectivity index (χ4v) is 2.78. The summed E-state index contributed by atoms with van der Waals surface area (Å²) in [5.41, 5.74) is 1.18. The SMILES string of the molecule is O=C(O)C1CCN(Cc2ccc3c(c2)OCCO3)CC1. The molecule has 0 spiro atoms. The van der Waals surface area contributed by atoms with Crippen LogP contribution >= 0.6 is 0 Å². The number of fused-ring (bicyclic) bond motifs is 1. The molecule has 3 rings (SSSR count). The minimum absolute atomic E-state index is 0.175. The van der Waals surface area contributed by atoms with Gasteiger partial charge in [-0.1, -0.05) is 6.07 Å². The molecule has 1 aromatic rings. The van der Waals surface area contributed by atoms with Crippen molar-refractivity contribution in [3.05, 3.63) is 23.8 Å². The number of aliphatic carboxylic acids is 1. The van der Waals surface area contributed by atoms with Gasteiger partial charge in [0.15, 0.2) is 11.5 Å². The molecular formula is C15H19NO4. The summed E-state index contributed by atoms with van der Waals surface area (Å²) in [4.78, 5) is 13.2. The molecule has 2 heterocycles. The van der Waals surface area contributed by atoms with Gasteiger partial charge in [-0.25, -0.2) is 0 Å². The molecule has 1 saturated heterocycles. The summed E-state index contributed by atoms with van der Waals surface area (Å²) in [6.07, 6.45) is 1.47. The van der Waals surface area contributed by atoms with Crippen LogP contribution in [-0.4, -0.2) is 42.3 Å². The van der Waals surface area contributed by atoms with E-state index in [9.17, 15) is 4.79 Å². The molecule has 1 fully saturated rings. The smallest absolute Gasteiger partial charge is 0.306 e. The Balaban J connectivity index is 1.60. The summed E-state index contributed by atoms with van der Waals surface area (Å²) in [6, 6.07) is 6.03. The Labute approximate surface area is 118 Å². The van der Waals surface area contributed by atoms with E-state index >= 15 is 0 Å². The van der Waals surface area contributed by atoms with Crippen molar-refractivity contribution in [2.24, 2.45) is 5.92 Å². The van der Waals surface area contributed by atoms with E-state index in [2.05, 4.69) is 11.0 Å². The van der Waals surface area contributed by atoms with Crippen LogP contribution in [0.4, 0.5) is 0 Å². The molecule has 0 unspecified atom stereocenters. The minimum atomic E-state index is -0.663. The van der Waals surface area contributed by atoms with Crippen LogP contribution in [0.3, 0.4) is 0 Å². The molecule has 0 atom stereocenters. The number of piperidine rings is 1. The molecule has 0 aromatic heterocycles. The molecular weight excluding hydrogens is 258 g/mol. The first-order valence-corrected chi connectivity index (χ1v) is 7.06. The van der Waals surface area contributed by atoms with Crippen LogP contribution in [0.25, 0.3) is 0 Å². The fraction of sp³-hybridized carbons (Fsp3) is 0.533. The van der Waals surface area contributed by atoms with Crippen molar-refractivity contribution in [1.82, 2.24) is 4.90 Å². The molecule has 0 radical (unpaired) electrons. The van der Waals surface area contributed by atoms with Crippen LogP contribution in [0, 0.1) is 5.92 Å². The lowest BCUT2D eigenvalue weighted by atomic mass is 9.97. The van der Waals surface area contributed by atoms with Crippen molar-refractivity contribution in [3.63, 3.8) is 0 Å². The summed E-state index contributed by atoms with van der Waals surface area (Å²) in [5, 5.41) is 9.00. The standard InChI is InChI=1S/C15H19NO4/c17-15(18)12-3-5-16(6-4-12)10-11-1-2-13-14(9-11)20-8-7-19-13/h1-2,9,12H,3-8,10H2,(H,17,18). The van der Waals surface area contributed by atoms with Crippen LogP contribution in [0.2, 0.25) is 0 Å². The number of hydrogen-bond acceptors (Lipinski definition) is 4. The van der Waals surface area contributed by atoms with Gasteiger partial charge in [-0.05, 0) is 43.6 Å². The van der Waals surface area contributed by atoms with Gasteiger partial charge in [0.2, 0.25) is 0 Å². The third-order valence-electron chi connectivity index (χ3n) is 3.95. The second-order valence-electron chi connectivity index (χ2n) is 5.37. The molecule has 108 valence electrons. The van der Waals surface area contributed by atoms with Gasteiger partial charge in [-0.2, -0.15) is 0 Å². The summed E-state index contributed by atoms with van der Waals surface area (Å²) in [7, 11) is 0. The second kappa shape index (κ2) is 5.71. The van der Waals surface area contributed by atoms with Crippen molar-refractivity contribution in [2.75, 3.05) is 26.3 Å². The van der Waals surface area contributed by atoms with E-state index in [1.165, 1.54) is 5.56 Å².